The third kappa shape index (κ3) is 6.05. The van der Waals surface area contributed by atoms with Gasteiger partial charge in [-0.25, -0.2) is 4.79 Å². The fraction of sp³-hybridized carbons (Fsp3) is 0.214. The van der Waals surface area contributed by atoms with Gasteiger partial charge in [0.05, 0.1) is 30.8 Å². The summed E-state index contributed by atoms with van der Waals surface area (Å²) in [5, 5.41) is 2.20. The number of thioether (sulfide) groups is 1. The highest BCUT2D eigenvalue weighted by Crippen LogP contribution is 2.33. The van der Waals surface area contributed by atoms with E-state index in [4.69, 9.17) is 13.9 Å². The third-order valence-corrected chi connectivity index (χ3v) is 7.10. The Morgan fingerprint density at radius 2 is 1.72 bits per heavy atom. The lowest BCUT2D eigenvalue weighted by Crippen LogP contribution is -2.36. The molecule has 2 fully saturated rings. The number of hydrogen-bond donors (Lipinski definition) is 1. The van der Waals surface area contributed by atoms with E-state index in [1.165, 1.54) is 13.2 Å². The number of morpholine rings is 1. The molecule has 0 saturated carbocycles. The van der Waals surface area contributed by atoms with Crippen LogP contribution in [0.1, 0.15) is 16.1 Å². The summed E-state index contributed by atoms with van der Waals surface area (Å²) in [6.07, 6.45) is 1.47. The van der Waals surface area contributed by atoms with Crippen LogP contribution in [-0.4, -0.2) is 67.9 Å². The van der Waals surface area contributed by atoms with Gasteiger partial charge >= 0.3 is 5.97 Å². The Kier molecular flexibility index (Phi) is 7.80. The fourth-order valence-electron chi connectivity index (χ4n) is 4.16. The number of benzene rings is 2. The fourth-order valence-corrected chi connectivity index (χ4v) is 4.98. The molecule has 3 heterocycles. The Morgan fingerprint density at radius 1 is 1.00 bits per heavy atom. The summed E-state index contributed by atoms with van der Waals surface area (Å²) in [5.41, 5.74) is 2.75. The van der Waals surface area contributed by atoms with Crippen molar-refractivity contribution in [1.29, 1.82) is 0 Å². The Balaban J connectivity index is 1.19. The zero-order valence-electron chi connectivity index (χ0n) is 21.0. The maximum absolute atomic E-state index is 12.9. The average Bonchev–Trinajstić information content (AvgIpc) is 3.53. The van der Waals surface area contributed by atoms with Gasteiger partial charge < -0.3 is 24.1 Å². The first-order valence-electron chi connectivity index (χ1n) is 12.2. The largest absolute Gasteiger partial charge is 0.465 e. The average molecular weight is 548 g/mol. The second kappa shape index (κ2) is 11.6. The Morgan fingerprint density at radius 3 is 2.41 bits per heavy atom. The molecule has 1 aromatic heterocycles. The molecule has 39 heavy (non-hydrogen) atoms. The van der Waals surface area contributed by atoms with Gasteiger partial charge in [0.15, 0.2) is 0 Å². The monoisotopic (exact) mass is 547 g/mol. The van der Waals surface area contributed by atoms with Gasteiger partial charge in [0.1, 0.15) is 18.1 Å². The second-order valence-corrected chi connectivity index (χ2v) is 9.73. The molecule has 3 aromatic rings. The number of anilines is 2. The van der Waals surface area contributed by atoms with Crippen LogP contribution in [0, 0.1) is 0 Å². The van der Waals surface area contributed by atoms with Gasteiger partial charge in [0.25, 0.3) is 11.1 Å². The molecule has 10 nitrogen and oxygen atoms in total. The minimum atomic E-state index is -0.566. The van der Waals surface area contributed by atoms with Crippen LogP contribution in [0.4, 0.5) is 16.2 Å². The first-order valence-corrected chi connectivity index (χ1v) is 13.0. The number of hydrogen-bond acceptors (Lipinski definition) is 9. The van der Waals surface area contributed by atoms with E-state index in [1.54, 1.807) is 48.5 Å². The van der Waals surface area contributed by atoms with Gasteiger partial charge in [-0.15, -0.1) is 0 Å². The lowest BCUT2D eigenvalue weighted by Gasteiger charge is -2.28. The molecule has 2 saturated heterocycles. The van der Waals surface area contributed by atoms with Crippen molar-refractivity contribution in [3.05, 3.63) is 76.9 Å². The van der Waals surface area contributed by atoms with E-state index >= 15 is 0 Å². The number of esters is 1. The lowest BCUT2D eigenvalue weighted by atomic mass is 10.1. The molecular weight excluding hydrogens is 522 g/mol. The van der Waals surface area contributed by atoms with Crippen LogP contribution in [0.15, 0.2) is 70.0 Å². The maximum Gasteiger partial charge on any atom is 0.337 e. The highest BCUT2D eigenvalue weighted by molar-refractivity contribution is 8.18. The van der Waals surface area contributed by atoms with E-state index in [0.717, 1.165) is 41.0 Å². The number of ether oxygens (including phenoxy) is 2. The van der Waals surface area contributed by atoms with Gasteiger partial charge in [0, 0.05) is 36.1 Å². The quantitative estimate of drug-likeness (QED) is 0.342. The predicted molar refractivity (Wildman–Crippen MR) is 146 cm³/mol. The Labute approximate surface area is 228 Å². The van der Waals surface area contributed by atoms with E-state index in [-0.39, 0.29) is 4.91 Å². The minimum absolute atomic E-state index is 0.157. The van der Waals surface area contributed by atoms with E-state index in [1.807, 2.05) is 12.1 Å². The molecule has 0 spiro atoms. The van der Waals surface area contributed by atoms with E-state index in [9.17, 15) is 19.2 Å². The van der Waals surface area contributed by atoms with E-state index in [0.29, 0.717) is 36.0 Å². The first-order chi connectivity index (χ1) is 18.9. The van der Waals surface area contributed by atoms with Crippen LogP contribution in [-0.2, 0) is 19.1 Å². The summed E-state index contributed by atoms with van der Waals surface area (Å²) in [4.78, 5) is 52.8. The maximum atomic E-state index is 12.9. The summed E-state index contributed by atoms with van der Waals surface area (Å²) in [6, 6.07) is 17.5. The molecule has 0 unspecified atom stereocenters. The van der Waals surface area contributed by atoms with Gasteiger partial charge in [-0.1, -0.05) is 12.1 Å². The molecule has 0 atom stereocenters. The zero-order valence-corrected chi connectivity index (χ0v) is 21.9. The van der Waals surface area contributed by atoms with Crippen molar-refractivity contribution < 1.29 is 33.1 Å². The van der Waals surface area contributed by atoms with E-state index in [2.05, 4.69) is 10.2 Å². The molecular formula is C28H25N3O7S. The normalized spacial score (nSPS) is 16.6. The number of rotatable bonds is 7. The third-order valence-electron chi connectivity index (χ3n) is 6.19. The van der Waals surface area contributed by atoms with Crippen molar-refractivity contribution in [1.82, 2.24) is 4.90 Å². The minimum Gasteiger partial charge on any atom is -0.465 e. The van der Waals surface area contributed by atoms with Crippen LogP contribution in [0.2, 0.25) is 0 Å². The number of imide groups is 1. The molecule has 200 valence electrons. The molecule has 0 bridgehead atoms. The number of amides is 3. The number of carbonyl (C=O) groups is 4. The summed E-state index contributed by atoms with van der Waals surface area (Å²) >= 11 is 0.747. The summed E-state index contributed by atoms with van der Waals surface area (Å²) in [7, 11) is 1.31. The van der Waals surface area contributed by atoms with Crippen LogP contribution in [0.5, 0.6) is 0 Å². The Hall–Kier alpha value is -4.35. The topological polar surface area (TPSA) is 118 Å². The molecule has 2 aliphatic heterocycles. The van der Waals surface area contributed by atoms with Gasteiger partial charge in [-0.2, -0.15) is 0 Å². The SMILES string of the molecule is COC(=O)c1ccc(-c2ccc(/C=C3/SC(=O)N(CC(=O)Nc4ccc(N5CCOCC5)cc4)C3=O)o2)cc1. The number of methoxy groups -OCH3 is 1. The predicted octanol–water partition coefficient (Wildman–Crippen LogP) is 4.24. The van der Waals surface area contributed by atoms with Gasteiger partial charge in [-0.05, 0) is 60.3 Å². The van der Waals surface area contributed by atoms with Crippen LogP contribution in [0.3, 0.4) is 0 Å². The highest BCUT2D eigenvalue weighted by atomic mass is 32.2. The molecule has 11 heteroatoms. The number of nitrogens with zero attached hydrogens (tertiary/aromatic N) is 2. The summed E-state index contributed by atoms with van der Waals surface area (Å²) < 4.78 is 15.9. The van der Waals surface area contributed by atoms with Gasteiger partial charge in [-0.3, -0.25) is 19.3 Å². The molecule has 3 amide bonds. The number of carbonyl (C=O) groups excluding carboxylic acids is 4. The molecule has 5 rings (SSSR count). The highest BCUT2D eigenvalue weighted by Gasteiger charge is 2.36. The molecule has 0 aliphatic carbocycles. The van der Waals surface area contributed by atoms with Crippen LogP contribution < -0.4 is 10.2 Å². The van der Waals surface area contributed by atoms with Gasteiger partial charge in [0.2, 0.25) is 5.91 Å². The molecule has 1 N–H and O–H groups in total. The second-order valence-electron chi connectivity index (χ2n) is 8.73. The van der Waals surface area contributed by atoms with E-state index < -0.39 is 29.6 Å². The number of nitrogens with one attached hydrogen (secondary N) is 1. The lowest BCUT2D eigenvalue weighted by molar-refractivity contribution is -0.127. The van der Waals surface area contributed by atoms with Crippen molar-refractivity contribution in [2.75, 3.05) is 50.2 Å². The van der Waals surface area contributed by atoms with Crippen LogP contribution in [0.25, 0.3) is 17.4 Å². The summed E-state index contributed by atoms with van der Waals surface area (Å²) in [6.45, 7) is 2.57. The van der Waals surface area contributed by atoms with Crippen molar-refractivity contribution in [3.8, 4) is 11.3 Å². The van der Waals surface area contributed by atoms with Crippen molar-refractivity contribution in [2.45, 2.75) is 0 Å². The summed E-state index contributed by atoms with van der Waals surface area (Å²) in [5.74, 6) is -0.586. The Bertz CT molecular complexity index is 1420. The van der Waals surface area contributed by atoms with Crippen molar-refractivity contribution in [2.24, 2.45) is 0 Å². The number of furan rings is 1. The molecule has 2 aliphatic rings. The first kappa shape index (κ1) is 26.3. The molecule has 2 aromatic carbocycles. The van der Waals surface area contributed by atoms with Crippen molar-refractivity contribution in [3.63, 3.8) is 0 Å². The standard InChI is InChI=1S/C28H25N3O7S/c1-36-27(34)19-4-2-18(3-5-19)23-11-10-22(38-23)16-24-26(33)31(28(35)39-24)17-25(32)29-20-6-8-21(9-7-20)30-12-14-37-15-13-30/h2-11,16H,12-15,17H2,1H3,(H,29,32)/b24-16+. The zero-order chi connectivity index (χ0) is 27.4. The molecule has 0 radical (unpaired) electrons. The van der Waals surface area contributed by atoms with Crippen molar-refractivity contribution >= 4 is 52.2 Å². The van der Waals surface area contributed by atoms with Crippen LogP contribution >= 0.6 is 11.8 Å². The smallest absolute Gasteiger partial charge is 0.337 e.